The van der Waals surface area contributed by atoms with Crippen molar-refractivity contribution >= 4 is 21.8 Å². The SMILES string of the molecule is Oc1cc(F)cc(-c2nccc3[nH]c(-c4n[nH]c5ccc(-c6cncnc6)cc45)cc23)c1. The number of rotatable bonds is 3. The fourth-order valence-corrected chi connectivity index (χ4v) is 3.97. The second kappa shape index (κ2) is 6.98. The molecular weight excluding hydrogens is 407 g/mol. The van der Waals surface area contributed by atoms with Gasteiger partial charge < -0.3 is 10.1 Å². The minimum absolute atomic E-state index is 0.148. The van der Waals surface area contributed by atoms with Crippen molar-refractivity contribution in [1.29, 1.82) is 0 Å². The van der Waals surface area contributed by atoms with Crippen molar-refractivity contribution in [3.05, 3.63) is 79.3 Å². The lowest BCUT2D eigenvalue weighted by molar-refractivity contribution is 0.469. The highest BCUT2D eigenvalue weighted by Crippen LogP contribution is 2.35. The Bertz CT molecular complexity index is 1590. The molecule has 0 aliphatic carbocycles. The second-order valence-corrected chi connectivity index (χ2v) is 7.46. The standard InChI is InChI=1S/C24H15FN6O/c25-16-5-14(6-17(32)8-16)23-19-9-22(29-20(19)3-4-28-23)24-18-7-13(1-2-21(18)30-31-24)15-10-26-12-27-11-15/h1-12,29,32H,(H,30,31). The van der Waals surface area contributed by atoms with E-state index in [9.17, 15) is 9.50 Å². The molecule has 8 heteroatoms. The quantitative estimate of drug-likeness (QED) is 0.369. The van der Waals surface area contributed by atoms with Gasteiger partial charge in [0.1, 0.15) is 23.6 Å². The number of benzene rings is 2. The third-order valence-electron chi connectivity index (χ3n) is 5.42. The minimum atomic E-state index is -0.523. The van der Waals surface area contributed by atoms with Gasteiger partial charge in [0.2, 0.25) is 0 Å². The molecule has 0 spiro atoms. The molecule has 154 valence electrons. The van der Waals surface area contributed by atoms with Crippen molar-refractivity contribution in [2.75, 3.05) is 0 Å². The number of aromatic hydroxyl groups is 1. The van der Waals surface area contributed by atoms with Crippen LogP contribution in [0.5, 0.6) is 5.75 Å². The number of nitrogens with one attached hydrogen (secondary N) is 2. The van der Waals surface area contributed by atoms with E-state index in [0.717, 1.165) is 50.4 Å². The molecule has 0 bridgehead atoms. The Morgan fingerprint density at radius 1 is 0.781 bits per heavy atom. The van der Waals surface area contributed by atoms with Gasteiger partial charge in [-0.25, -0.2) is 14.4 Å². The molecule has 0 amide bonds. The zero-order chi connectivity index (χ0) is 21.7. The lowest BCUT2D eigenvalue weighted by Gasteiger charge is -2.03. The first-order chi connectivity index (χ1) is 15.7. The van der Waals surface area contributed by atoms with E-state index >= 15 is 0 Å². The molecule has 0 saturated carbocycles. The van der Waals surface area contributed by atoms with Gasteiger partial charge in [-0.15, -0.1) is 0 Å². The highest BCUT2D eigenvalue weighted by molar-refractivity contribution is 6.00. The molecule has 7 nitrogen and oxygen atoms in total. The lowest BCUT2D eigenvalue weighted by atomic mass is 10.0. The fourth-order valence-electron chi connectivity index (χ4n) is 3.97. The summed E-state index contributed by atoms with van der Waals surface area (Å²) in [6.07, 6.45) is 6.68. The maximum atomic E-state index is 13.9. The topological polar surface area (TPSA) is 103 Å². The molecule has 2 aromatic carbocycles. The number of hydrogen-bond acceptors (Lipinski definition) is 5. The van der Waals surface area contributed by atoms with Crippen LogP contribution in [0.1, 0.15) is 0 Å². The average Bonchev–Trinajstić information content (AvgIpc) is 3.42. The van der Waals surface area contributed by atoms with Crippen LogP contribution < -0.4 is 0 Å². The van der Waals surface area contributed by atoms with Crippen molar-refractivity contribution in [2.24, 2.45) is 0 Å². The molecule has 0 saturated heterocycles. The molecule has 4 aromatic heterocycles. The monoisotopic (exact) mass is 422 g/mol. The summed E-state index contributed by atoms with van der Waals surface area (Å²) >= 11 is 0. The fraction of sp³-hybridized carbons (Fsp3) is 0. The number of phenolic OH excluding ortho intramolecular Hbond substituents is 1. The number of halogens is 1. The van der Waals surface area contributed by atoms with E-state index in [1.807, 2.05) is 30.3 Å². The number of phenols is 1. The zero-order valence-electron chi connectivity index (χ0n) is 16.5. The van der Waals surface area contributed by atoms with Crippen LogP contribution >= 0.6 is 0 Å². The van der Waals surface area contributed by atoms with E-state index in [4.69, 9.17) is 0 Å². The summed E-state index contributed by atoms with van der Waals surface area (Å²) in [6, 6.07) is 13.7. The molecule has 6 aromatic rings. The third kappa shape index (κ3) is 2.97. The van der Waals surface area contributed by atoms with Crippen LogP contribution in [0.25, 0.3) is 55.6 Å². The Morgan fingerprint density at radius 3 is 2.47 bits per heavy atom. The first-order valence-corrected chi connectivity index (χ1v) is 9.87. The zero-order valence-corrected chi connectivity index (χ0v) is 16.5. The number of H-pyrrole nitrogens is 2. The van der Waals surface area contributed by atoms with Crippen molar-refractivity contribution in [3.63, 3.8) is 0 Å². The van der Waals surface area contributed by atoms with E-state index in [-0.39, 0.29) is 5.75 Å². The second-order valence-electron chi connectivity index (χ2n) is 7.46. The van der Waals surface area contributed by atoms with E-state index in [1.165, 1.54) is 18.5 Å². The summed E-state index contributed by atoms with van der Waals surface area (Å²) in [5, 5.41) is 19.2. The molecule has 0 atom stereocenters. The molecule has 6 rings (SSSR count). The van der Waals surface area contributed by atoms with Crippen molar-refractivity contribution in [3.8, 4) is 39.5 Å². The van der Waals surface area contributed by atoms with Gasteiger partial charge in [-0.2, -0.15) is 5.10 Å². The van der Waals surface area contributed by atoms with E-state index in [0.29, 0.717) is 11.3 Å². The Kier molecular flexibility index (Phi) is 3.97. The molecule has 0 aliphatic rings. The molecule has 0 aliphatic heterocycles. The van der Waals surface area contributed by atoms with Crippen LogP contribution in [0.4, 0.5) is 4.39 Å². The van der Waals surface area contributed by atoms with E-state index in [2.05, 4.69) is 30.1 Å². The van der Waals surface area contributed by atoms with Crippen LogP contribution in [0, 0.1) is 5.82 Å². The summed E-state index contributed by atoms with van der Waals surface area (Å²) in [5.74, 6) is -0.671. The van der Waals surface area contributed by atoms with Crippen molar-refractivity contribution < 1.29 is 9.50 Å². The van der Waals surface area contributed by atoms with E-state index in [1.54, 1.807) is 18.6 Å². The van der Waals surface area contributed by atoms with Crippen molar-refractivity contribution in [1.82, 2.24) is 30.1 Å². The van der Waals surface area contributed by atoms with Gasteiger partial charge in [0.25, 0.3) is 0 Å². The summed E-state index contributed by atoms with van der Waals surface area (Å²) in [4.78, 5) is 16.0. The van der Waals surface area contributed by atoms with Crippen LogP contribution in [0.3, 0.4) is 0 Å². The smallest absolute Gasteiger partial charge is 0.127 e. The summed E-state index contributed by atoms with van der Waals surface area (Å²) in [6.45, 7) is 0. The molecule has 3 N–H and O–H groups in total. The molecule has 0 radical (unpaired) electrons. The number of hydrogen-bond donors (Lipinski definition) is 3. The van der Waals surface area contributed by atoms with Crippen LogP contribution in [0.2, 0.25) is 0 Å². The van der Waals surface area contributed by atoms with Gasteiger partial charge in [-0.3, -0.25) is 10.1 Å². The number of fused-ring (bicyclic) bond motifs is 2. The summed E-state index contributed by atoms with van der Waals surface area (Å²) in [5.41, 5.74) is 6.24. The van der Waals surface area contributed by atoms with Crippen LogP contribution in [-0.2, 0) is 0 Å². The predicted molar refractivity (Wildman–Crippen MR) is 119 cm³/mol. The Hall–Kier alpha value is -4.59. The van der Waals surface area contributed by atoms with Gasteiger partial charge in [0, 0.05) is 52.1 Å². The van der Waals surface area contributed by atoms with Gasteiger partial charge in [0.15, 0.2) is 0 Å². The minimum Gasteiger partial charge on any atom is -0.508 e. The maximum absolute atomic E-state index is 13.9. The first-order valence-electron chi connectivity index (χ1n) is 9.87. The Balaban J connectivity index is 1.52. The summed E-state index contributed by atoms with van der Waals surface area (Å²) in [7, 11) is 0. The van der Waals surface area contributed by atoms with Gasteiger partial charge in [-0.05, 0) is 42.0 Å². The number of nitrogens with zero attached hydrogens (tertiary/aromatic N) is 4. The van der Waals surface area contributed by atoms with Crippen molar-refractivity contribution in [2.45, 2.75) is 0 Å². The van der Waals surface area contributed by atoms with Gasteiger partial charge in [-0.1, -0.05) is 6.07 Å². The molecule has 0 unspecified atom stereocenters. The van der Waals surface area contributed by atoms with E-state index < -0.39 is 5.82 Å². The number of aromatic nitrogens is 6. The molecular formula is C24H15FN6O. The predicted octanol–water partition coefficient (Wildman–Crippen LogP) is 5.07. The van der Waals surface area contributed by atoms with Gasteiger partial charge >= 0.3 is 0 Å². The lowest BCUT2D eigenvalue weighted by Crippen LogP contribution is -1.85. The maximum Gasteiger partial charge on any atom is 0.127 e. The molecule has 0 fully saturated rings. The average molecular weight is 422 g/mol. The summed E-state index contributed by atoms with van der Waals surface area (Å²) < 4.78 is 13.9. The van der Waals surface area contributed by atoms with Crippen LogP contribution in [0.15, 0.2) is 73.4 Å². The molecule has 32 heavy (non-hydrogen) atoms. The number of pyridine rings is 1. The van der Waals surface area contributed by atoms with Crippen LogP contribution in [-0.4, -0.2) is 35.2 Å². The third-order valence-corrected chi connectivity index (χ3v) is 5.42. The normalized spacial score (nSPS) is 11.4. The highest BCUT2D eigenvalue weighted by Gasteiger charge is 2.15. The largest absolute Gasteiger partial charge is 0.508 e. The highest BCUT2D eigenvalue weighted by atomic mass is 19.1. The number of aromatic amines is 2. The first kappa shape index (κ1) is 18.2. The molecule has 4 heterocycles. The Morgan fingerprint density at radius 2 is 1.62 bits per heavy atom. The Labute approximate surface area is 180 Å². The van der Waals surface area contributed by atoms with Gasteiger partial charge in [0.05, 0.1) is 16.9 Å².